The molecule has 2 aromatic carbocycles. The molecule has 0 aliphatic carbocycles. The lowest BCUT2D eigenvalue weighted by atomic mass is 10.1. The summed E-state index contributed by atoms with van der Waals surface area (Å²) in [5.74, 6) is -1.76. The van der Waals surface area contributed by atoms with E-state index in [1.807, 2.05) is 13.8 Å². The minimum absolute atomic E-state index is 0.0425. The minimum atomic E-state index is -0.831. The van der Waals surface area contributed by atoms with Gasteiger partial charge in [0.15, 0.2) is 0 Å². The van der Waals surface area contributed by atoms with Crippen LogP contribution in [0.1, 0.15) is 34.6 Å². The van der Waals surface area contributed by atoms with Crippen LogP contribution >= 0.6 is 0 Å². The molecule has 2 N–H and O–H groups in total. The summed E-state index contributed by atoms with van der Waals surface area (Å²) < 4.78 is 1.35. The number of hydrogen-bond acceptors (Lipinski definition) is 6. The van der Waals surface area contributed by atoms with Crippen molar-refractivity contribution in [1.29, 1.82) is 0 Å². The Morgan fingerprint density at radius 1 is 0.967 bits per heavy atom. The average molecular weight is 410 g/mol. The first kappa shape index (κ1) is 20.6. The molecule has 0 fully saturated rings. The van der Waals surface area contributed by atoms with E-state index in [0.717, 1.165) is 12.1 Å². The molecule has 0 aliphatic rings. The van der Waals surface area contributed by atoms with E-state index in [1.165, 1.54) is 34.9 Å². The lowest BCUT2D eigenvalue weighted by molar-refractivity contribution is -0.384. The maximum absolute atomic E-state index is 12.3. The highest BCUT2D eigenvalue weighted by Gasteiger charge is 2.18. The van der Waals surface area contributed by atoms with Crippen molar-refractivity contribution in [2.24, 2.45) is 16.1 Å². The van der Waals surface area contributed by atoms with Crippen molar-refractivity contribution < 1.29 is 24.7 Å². The van der Waals surface area contributed by atoms with Crippen molar-refractivity contribution in [3.05, 3.63) is 63.7 Å². The number of fused-ring (bicyclic) bond motifs is 1. The lowest BCUT2D eigenvalue weighted by Crippen LogP contribution is -2.02. The summed E-state index contributed by atoms with van der Waals surface area (Å²) in [6, 6.07) is 8.97. The Labute approximate surface area is 170 Å². The van der Waals surface area contributed by atoms with Crippen LogP contribution in [-0.4, -0.2) is 31.5 Å². The van der Waals surface area contributed by atoms with Gasteiger partial charge in [0.2, 0.25) is 11.8 Å². The monoisotopic (exact) mass is 410 g/mol. The minimum Gasteiger partial charge on any atom is -0.494 e. The predicted octanol–water partition coefficient (Wildman–Crippen LogP) is 4.05. The molecule has 0 unspecified atom stereocenters. The largest absolute Gasteiger partial charge is 0.494 e. The molecule has 0 atom stereocenters. The van der Waals surface area contributed by atoms with Crippen LogP contribution in [0.25, 0.3) is 10.8 Å². The molecule has 0 spiro atoms. The highest BCUT2D eigenvalue weighted by molar-refractivity contribution is 6.03. The van der Waals surface area contributed by atoms with Crippen LogP contribution in [0.3, 0.4) is 0 Å². The third-order valence-corrected chi connectivity index (χ3v) is 4.36. The van der Waals surface area contributed by atoms with Gasteiger partial charge in [0.05, 0.1) is 4.92 Å². The van der Waals surface area contributed by atoms with Crippen molar-refractivity contribution in [3.8, 4) is 11.8 Å². The molecule has 0 saturated carbocycles. The highest BCUT2D eigenvalue weighted by Crippen LogP contribution is 2.37. The fraction of sp³-hybridized carbons (Fsp3) is 0.200. The van der Waals surface area contributed by atoms with E-state index in [1.54, 1.807) is 0 Å². The van der Waals surface area contributed by atoms with E-state index in [-0.39, 0.29) is 39.9 Å². The summed E-state index contributed by atoms with van der Waals surface area (Å²) in [7, 11) is 0. The van der Waals surface area contributed by atoms with Gasteiger partial charge in [-0.2, -0.15) is 0 Å². The molecule has 3 aromatic rings. The number of hydrogen-bond donors (Lipinski definition) is 2. The molecule has 3 rings (SSSR count). The molecule has 0 aliphatic heterocycles. The molecule has 0 saturated heterocycles. The van der Waals surface area contributed by atoms with Crippen LogP contribution < -0.4 is 0 Å². The van der Waals surface area contributed by atoms with E-state index < -0.39 is 16.7 Å². The molecule has 1 heterocycles. The molecule has 154 valence electrons. The van der Waals surface area contributed by atoms with Gasteiger partial charge in [-0.25, -0.2) is 0 Å². The highest BCUT2D eigenvalue weighted by atomic mass is 16.6. The second-order valence-electron chi connectivity index (χ2n) is 7.03. The third kappa shape index (κ3) is 4.02. The van der Waals surface area contributed by atoms with Crippen molar-refractivity contribution in [2.45, 2.75) is 20.4 Å². The third-order valence-electron chi connectivity index (χ3n) is 4.36. The Balaban J connectivity index is 1.83. The molecular weight excluding hydrogens is 392 g/mol. The Morgan fingerprint density at radius 2 is 1.50 bits per heavy atom. The summed E-state index contributed by atoms with van der Waals surface area (Å²) in [5, 5.41) is 38.7. The van der Waals surface area contributed by atoms with E-state index in [2.05, 4.69) is 10.2 Å². The quantitative estimate of drug-likeness (QED) is 0.368. The van der Waals surface area contributed by atoms with Gasteiger partial charge in [-0.1, -0.05) is 13.8 Å². The van der Waals surface area contributed by atoms with Gasteiger partial charge in [-0.3, -0.25) is 24.3 Å². The van der Waals surface area contributed by atoms with Gasteiger partial charge >= 0.3 is 0 Å². The number of non-ortho nitro benzene ring substituents is 1. The Bertz CT molecular complexity index is 1180. The number of nitro benzene ring substituents is 1. The zero-order valence-corrected chi connectivity index (χ0v) is 16.1. The molecule has 0 bridgehead atoms. The van der Waals surface area contributed by atoms with E-state index in [9.17, 15) is 29.9 Å². The number of carbonyl (C=O) groups is 2. The summed E-state index contributed by atoms with van der Waals surface area (Å²) in [4.78, 5) is 34.4. The van der Waals surface area contributed by atoms with Crippen LogP contribution in [0.5, 0.6) is 11.8 Å². The van der Waals surface area contributed by atoms with E-state index >= 15 is 0 Å². The number of benzene rings is 2. The van der Waals surface area contributed by atoms with Crippen molar-refractivity contribution >= 4 is 28.3 Å². The maximum Gasteiger partial charge on any atom is 0.295 e. The zero-order chi connectivity index (χ0) is 22.0. The van der Waals surface area contributed by atoms with Gasteiger partial charge in [0.25, 0.3) is 17.5 Å². The number of aromatic nitrogens is 1. The predicted molar refractivity (Wildman–Crippen MR) is 107 cm³/mol. The smallest absolute Gasteiger partial charge is 0.295 e. The van der Waals surface area contributed by atoms with Crippen LogP contribution in [-0.2, 0) is 6.54 Å². The zero-order valence-electron chi connectivity index (χ0n) is 16.1. The van der Waals surface area contributed by atoms with Crippen molar-refractivity contribution in [2.75, 3.05) is 0 Å². The number of azo groups is 1. The molecule has 10 nitrogen and oxygen atoms in total. The van der Waals surface area contributed by atoms with Crippen molar-refractivity contribution in [3.63, 3.8) is 0 Å². The summed E-state index contributed by atoms with van der Waals surface area (Å²) in [6.07, 6.45) is 0. The Hall–Kier alpha value is -4.08. The van der Waals surface area contributed by atoms with Gasteiger partial charge in [-0.05, 0) is 36.2 Å². The van der Waals surface area contributed by atoms with Gasteiger partial charge in [-0.15, -0.1) is 10.2 Å². The number of amides is 2. The van der Waals surface area contributed by atoms with Crippen LogP contribution in [0.4, 0.5) is 5.69 Å². The summed E-state index contributed by atoms with van der Waals surface area (Å²) >= 11 is 0. The molecule has 30 heavy (non-hydrogen) atoms. The molecule has 2 amide bonds. The van der Waals surface area contributed by atoms with Crippen LogP contribution in [0.2, 0.25) is 0 Å². The van der Waals surface area contributed by atoms with Gasteiger partial charge in [0, 0.05) is 40.6 Å². The molecular formula is C20H18N4O6. The van der Waals surface area contributed by atoms with Crippen LogP contribution in [0.15, 0.2) is 52.7 Å². The summed E-state index contributed by atoms with van der Waals surface area (Å²) in [6.45, 7) is 4.25. The molecule has 0 radical (unpaired) electrons. The first-order valence-electron chi connectivity index (χ1n) is 8.98. The number of aromatic hydroxyl groups is 2. The fourth-order valence-corrected chi connectivity index (χ4v) is 2.92. The normalized spacial score (nSPS) is 11.4. The molecule has 1 aromatic heterocycles. The standard InChI is InChI=1S/C20H18N4O6/c1-11(2)10-23-19(27)15-8-5-13(9-16(15)20(23)28)18(26)22-21-17(25)12-3-6-14(7-4-12)24(29)30/h3-9,11,27-28H,10H2,1-2H3. The second kappa shape index (κ2) is 8.11. The van der Waals surface area contributed by atoms with Gasteiger partial charge < -0.3 is 10.2 Å². The van der Waals surface area contributed by atoms with E-state index in [4.69, 9.17) is 0 Å². The first-order valence-corrected chi connectivity index (χ1v) is 8.98. The lowest BCUT2D eigenvalue weighted by Gasteiger charge is -2.08. The first-order chi connectivity index (χ1) is 14.2. The Morgan fingerprint density at radius 3 is 2.07 bits per heavy atom. The molecule has 10 heteroatoms. The SMILES string of the molecule is CC(C)Cn1c(O)c2ccc(C(=O)N=NC(=O)c3ccc([N+](=O)[O-])cc3)cc2c1O. The van der Waals surface area contributed by atoms with E-state index in [0.29, 0.717) is 11.9 Å². The maximum atomic E-state index is 12.3. The number of rotatable bonds is 5. The number of nitro groups is 1. The average Bonchev–Trinajstić information content (AvgIpc) is 2.95. The topological polar surface area (TPSA) is 147 Å². The summed E-state index contributed by atoms with van der Waals surface area (Å²) in [5.41, 5.74) is -0.0685. The number of carbonyl (C=O) groups excluding carboxylic acids is 2. The Kier molecular flexibility index (Phi) is 5.58. The van der Waals surface area contributed by atoms with Crippen molar-refractivity contribution in [1.82, 2.24) is 4.57 Å². The van der Waals surface area contributed by atoms with Crippen LogP contribution in [0, 0.1) is 16.0 Å². The second-order valence-corrected chi connectivity index (χ2v) is 7.03. The number of nitrogens with zero attached hydrogens (tertiary/aromatic N) is 4. The fourth-order valence-electron chi connectivity index (χ4n) is 2.92. The van der Waals surface area contributed by atoms with Gasteiger partial charge in [0.1, 0.15) is 0 Å².